The minimum absolute atomic E-state index is 1.10. The molecule has 0 amide bonds. The molecule has 2 heteroatoms. The zero-order valence-electron chi connectivity index (χ0n) is 9.63. The molecule has 0 saturated heterocycles. The van der Waals surface area contributed by atoms with E-state index in [0.717, 1.165) is 5.69 Å². The van der Waals surface area contributed by atoms with Crippen LogP contribution in [-0.4, -0.2) is 9.78 Å². The van der Waals surface area contributed by atoms with E-state index in [1.807, 2.05) is 32.5 Å². The molecule has 2 nitrogen and oxygen atoms in total. The zero-order valence-corrected chi connectivity index (χ0v) is 9.63. The van der Waals surface area contributed by atoms with Crippen LogP contribution in [-0.2, 0) is 7.05 Å². The Morgan fingerprint density at radius 3 is 2.43 bits per heavy atom. The lowest BCUT2D eigenvalue weighted by molar-refractivity contribution is 0.783. The molecule has 0 bridgehead atoms. The van der Waals surface area contributed by atoms with E-state index in [0.29, 0.717) is 0 Å². The van der Waals surface area contributed by atoms with Crippen LogP contribution in [0.3, 0.4) is 0 Å². The van der Waals surface area contributed by atoms with Crippen LogP contribution < -0.4 is 0 Å². The maximum absolute atomic E-state index is 4.35. The minimum Gasteiger partial charge on any atom is -0.268 e. The summed E-state index contributed by atoms with van der Waals surface area (Å²) in [5.41, 5.74) is 3.60. The smallest absolute Gasteiger partial charge is 0.0684 e. The molecule has 0 saturated carbocycles. The molecule has 14 heavy (non-hydrogen) atoms. The quantitative estimate of drug-likeness (QED) is 0.623. The highest BCUT2D eigenvalue weighted by molar-refractivity contribution is 5.82. The van der Waals surface area contributed by atoms with Gasteiger partial charge >= 0.3 is 0 Å². The molecule has 1 aromatic carbocycles. The van der Waals surface area contributed by atoms with Crippen molar-refractivity contribution in [3.05, 3.63) is 29.5 Å². The normalized spacial score (nSPS) is 9.79. The predicted octanol–water partition coefficient (Wildman–Crippen LogP) is 3.22. The Morgan fingerprint density at radius 1 is 1.14 bits per heavy atom. The summed E-state index contributed by atoms with van der Waals surface area (Å²) in [6.45, 7) is 8.14. The second kappa shape index (κ2) is 4.27. The Morgan fingerprint density at radius 2 is 1.79 bits per heavy atom. The van der Waals surface area contributed by atoms with E-state index in [1.165, 1.54) is 16.5 Å². The van der Waals surface area contributed by atoms with E-state index in [2.05, 4.69) is 30.2 Å². The zero-order chi connectivity index (χ0) is 10.7. The summed E-state index contributed by atoms with van der Waals surface area (Å²) in [6, 6.07) is 6.42. The first kappa shape index (κ1) is 10.8. The van der Waals surface area contributed by atoms with Crippen molar-refractivity contribution in [2.45, 2.75) is 27.7 Å². The second-order valence-corrected chi connectivity index (χ2v) is 3.23. The first-order chi connectivity index (χ1) is 6.68. The maximum Gasteiger partial charge on any atom is 0.0684 e. The molecule has 0 aliphatic rings. The van der Waals surface area contributed by atoms with Gasteiger partial charge in [0.1, 0.15) is 0 Å². The van der Waals surface area contributed by atoms with E-state index in [-0.39, 0.29) is 0 Å². The topological polar surface area (TPSA) is 17.8 Å². The van der Waals surface area contributed by atoms with E-state index >= 15 is 0 Å². The highest BCUT2D eigenvalue weighted by atomic mass is 15.3. The van der Waals surface area contributed by atoms with Gasteiger partial charge in [0, 0.05) is 12.4 Å². The van der Waals surface area contributed by atoms with Crippen LogP contribution in [0.15, 0.2) is 18.2 Å². The largest absolute Gasteiger partial charge is 0.268 e. The van der Waals surface area contributed by atoms with Gasteiger partial charge in [-0.15, -0.1) is 0 Å². The third-order valence-electron chi connectivity index (χ3n) is 2.19. The van der Waals surface area contributed by atoms with Crippen molar-refractivity contribution in [3.63, 3.8) is 0 Å². The number of aryl methyl sites for hydroxylation is 3. The maximum atomic E-state index is 4.35. The second-order valence-electron chi connectivity index (χ2n) is 3.23. The molecule has 2 aromatic rings. The summed E-state index contributed by atoms with van der Waals surface area (Å²) in [6.07, 6.45) is 0. The number of fused-ring (bicyclic) bond motifs is 1. The molecule has 0 aliphatic carbocycles. The van der Waals surface area contributed by atoms with Crippen LogP contribution in [0.5, 0.6) is 0 Å². The van der Waals surface area contributed by atoms with Gasteiger partial charge < -0.3 is 0 Å². The summed E-state index contributed by atoms with van der Waals surface area (Å²) in [7, 11) is 1.98. The summed E-state index contributed by atoms with van der Waals surface area (Å²) < 4.78 is 1.93. The molecule has 0 atom stereocenters. The number of rotatable bonds is 0. The summed E-state index contributed by atoms with van der Waals surface area (Å²) in [5.74, 6) is 0. The molecule has 1 aromatic heterocycles. The highest BCUT2D eigenvalue weighted by Gasteiger charge is 2.02. The molecule has 0 unspecified atom stereocenters. The van der Waals surface area contributed by atoms with Gasteiger partial charge in [-0.2, -0.15) is 5.10 Å². The van der Waals surface area contributed by atoms with Crippen LogP contribution in [0.1, 0.15) is 25.1 Å². The fraction of sp³-hybridized carbons (Fsp3) is 0.417. The lowest BCUT2D eigenvalue weighted by Crippen LogP contribution is -1.89. The van der Waals surface area contributed by atoms with Crippen LogP contribution in [0.25, 0.3) is 10.9 Å². The van der Waals surface area contributed by atoms with Crippen molar-refractivity contribution in [3.8, 4) is 0 Å². The summed E-state index contributed by atoms with van der Waals surface area (Å²) in [5, 5.41) is 5.60. The van der Waals surface area contributed by atoms with Gasteiger partial charge in [0.05, 0.1) is 11.2 Å². The standard InChI is InChI=1S/C10H12N2.C2H6/c1-7-4-5-9-8(2)11-12(3)10(9)6-7;1-2/h4-6H,1-3H3;1-2H3. The number of aromatic nitrogens is 2. The molecule has 76 valence electrons. The van der Waals surface area contributed by atoms with Crippen molar-refractivity contribution in [2.75, 3.05) is 0 Å². The van der Waals surface area contributed by atoms with Crippen molar-refractivity contribution >= 4 is 10.9 Å². The van der Waals surface area contributed by atoms with Gasteiger partial charge in [0.2, 0.25) is 0 Å². The van der Waals surface area contributed by atoms with Crippen LogP contribution in [0.2, 0.25) is 0 Å². The number of hydrogen-bond donors (Lipinski definition) is 0. The van der Waals surface area contributed by atoms with Crippen LogP contribution >= 0.6 is 0 Å². The van der Waals surface area contributed by atoms with Gasteiger partial charge in [0.15, 0.2) is 0 Å². The van der Waals surface area contributed by atoms with Gasteiger partial charge in [0.25, 0.3) is 0 Å². The molecule has 0 radical (unpaired) electrons. The van der Waals surface area contributed by atoms with Crippen molar-refractivity contribution in [2.24, 2.45) is 7.05 Å². The van der Waals surface area contributed by atoms with Gasteiger partial charge in [-0.25, -0.2) is 0 Å². The molecule has 2 rings (SSSR count). The Bertz CT molecular complexity index is 427. The van der Waals surface area contributed by atoms with Gasteiger partial charge in [-0.3, -0.25) is 4.68 Å². The average Bonchev–Trinajstić information content (AvgIpc) is 2.46. The van der Waals surface area contributed by atoms with E-state index in [4.69, 9.17) is 0 Å². The van der Waals surface area contributed by atoms with Gasteiger partial charge in [-0.05, 0) is 25.5 Å². The minimum atomic E-state index is 1.10. The van der Waals surface area contributed by atoms with Gasteiger partial charge in [-0.1, -0.05) is 26.0 Å². The number of benzene rings is 1. The van der Waals surface area contributed by atoms with Crippen molar-refractivity contribution in [1.29, 1.82) is 0 Å². The summed E-state index contributed by atoms with van der Waals surface area (Å²) >= 11 is 0. The molecule has 0 fully saturated rings. The van der Waals surface area contributed by atoms with E-state index < -0.39 is 0 Å². The lowest BCUT2D eigenvalue weighted by Gasteiger charge is -1.94. The molecule has 0 aliphatic heterocycles. The Hall–Kier alpha value is -1.31. The Labute approximate surface area is 85.6 Å². The average molecular weight is 190 g/mol. The third kappa shape index (κ3) is 1.79. The van der Waals surface area contributed by atoms with Crippen molar-refractivity contribution in [1.82, 2.24) is 9.78 Å². The first-order valence-electron chi connectivity index (χ1n) is 5.08. The monoisotopic (exact) mass is 190 g/mol. The Balaban J connectivity index is 0.000000461. The molecule has 0 N–H and O–H groups in total. The molecule has 0 spiro atoms. The fourth-order valence-corrected chi connectivity index (χ4v) is 1.55. The molecular weight excluding hydrogens is 172 g/mol. The van der Waals surface area contributed by atoms with Crippen molar-refractivity contribution < 1.29 is 0 Å². The summed E-state index contributed by atoms with van der Waals surface area (Å²) in [4.78, 5) is 0. The van der Waals surface area contributed by atoms with E-state index in [1.54, 1.807) is 0 Å². The Kier molecular flexibility index (Phi) is 3.28. The molecular formula is C12H18N2. The van der Waals surface area contributed by atoms with E-state index in [9.17, 15) is 0 Å². The third-order valence-corrected chi connectivity index (χ3v) is 2.19. The number of hydrogen-bond acceptors (Lipinski definition) is 1. The SMILES string of the molecule is CC.Cc1ccc2c(C)nn(C)c2c1. The highest BCUT2D eigenvalue weighted by Crippen LogP contribution is 2.17. The first-order valence-corrected chi connectivity index (χ1v) is 5.08. The number of nitrogens with zero attached hydrogens (tertiary/aromatic N) is 2. The molecule has 1 heterocycles. The van der Waals surface area contributed by atoms with Crippen LogP contribution in [0.4, 0.5) is 0 Å². The lowest BCUT2D eigenvalue weighted by atomic mass is 10.1. The fourth-order valence-electron chi connectivity index (χ4n) is 1.55. The predicted molar refractivity (Wildman–Crippen MR) is 61.5 cm³/mol. The van der Waals surface area contributed by atoms with Crippen LogP contribution in [0, 0.1) is 13.8 Å².